The summed E-state index contributed by atoms with van der Waals surface area (Å²) in [6.07, 6.45) is 4.16. The molecule has 1 aromatic rings. The number of rotatable bonds is 10. The van der Waals surface area contributed by atoms with Gasteiger partial charge in [0, 0.05) is 32.7 Å². The summed E-state index contributed by atoms with van der Waals surface area (Å²) in [6.45, 7) is 13.5. The molecule has 1 heterocycles. The molecule has 1 fully saturated rings. The molecule has 30 heavy (non-hydrogen) atoms. The number of piperazine rings is 1. The van der Waals surface area contributed by atoms with Crippen LogP contribution in [0.5, 0.6) is 5.75 Å². The zero-order chi connectivity index (χ0) is 22.0. The Balaban J connectivity index is 1.65. The van der Waals surface area contributed by atoms with Crippen molar-refractivity contribution in [1.82, 2.24) is 9.80 Å². The van der Waals surface area contributed by atoms with Crippen molar-refractivity contribution < 1.29 is 14.3 Å². The predicted octanol–water partition coefficient (Wildman–Crippen LogP) is 4.24. The van der Waals surface area contributed by atoms with Gasteiger partial charge in [0.1, 0.15) is 11.4 Å². The predicted molar refractivity (Wildman–Crippen MR) is 122 cm³/mol. The second-order valence-corrected chi connectivity index (χ2v) is 9.14. The molecule has 0 spiro atoms. The molecule has 1 aliphatic rings. The van der Waals surface area contributed by atoms with E-state index in [0.717, 1.165) is 57.9 Å². The Morgan fingerprint density at radius 2 is 1.77 bits per heavy atom. The normalized spacial score (nSPS) is 16.4. The molecule has 1 aliphatic heterocycles. The number of hydrogen-bond donors (Lipinski definition) is 1. The van der Waals surface area contributed by atoms with Crippen LogP contribution in [0.3, 0.4) is 0 Å². The zero-order valence-electron chi connectivity index (χ0n) is 19.4. The third-order valence-electron chi connectivity index (χ3n) is 5.42. The van der Waals surface area contributed by atoms with E-state index >= 15 is 0 Å². The number of hydrogen-bond acceptors (Lipinski definition) is 5. The summed E-state index contributed by atoms with van der Waals surface area (Å²) in [5.74, 6) is 1.48. The van der Waals surface area contributed by atoms with Gasteiger partial charge in [-0.25, -0.2) is 4.79 Å². The van der Waals surface area contributed by atoms with Gasteiger partial charge >= 0.3 is 6.09 Å². The first-order valence-electron chi connectivity index (χ1n) is 11.5. The molecule has 1 aromatic carbocycles. The highest BCUT2D eigenvalue weighted by atomic mass is 16.6. The molecule has 1 saturated heterocycles. The van der Waals surface area contributed by atoms with Crippen LogP contribution >= 0.6 is 0 Å². The molecule has 6 nitrogen and oxygen atoms in total. The number of benzene rings is 1. The van der Waals surface area contributed by atoms with Crippen LogP contribution in [0.1, 0.15) is 64.9 Å². The van der Waals surface area contributed by atoms with Gasteiger partial charge in [0.15, 0.2) is 0 Å². The maximum Gasteiger partial charge on any atom is 0.410 e. The molecule has 0 radical (unpaired) electrons. The number of carbonyl (C=O) groups is 1. The molecule has 0 saturated carbocycles. The van der Waals surface area contributed by atoms with E-state index in [0.29, 0.717) is 12.5 Å². The fourth-order valence-electron chi connectivity index (χ4n) is 3.82. The summed E-state index contributed by atoms with van der Waals surface area (Å²) in [5, 5.41) is 0. The van der Waals surface area contributed by atoms with Gasteiger partial charge in [0.2, 0.25) is 0 Å². The van der Waals surface area contributed by atoms with E-state index in [1.807, 2.05) is 20.8 Å². The maximum atomic E-state index is 12.1. The average Bonchev–Trinajstić information content (AvgIpc) is 2.71. The number of nitrogens with two attached hydrogens (primary N) is 1. The fraction of sp³-hybridized carbons (Fsp3) is 0.708. The van der Waals surface area contributed by atoms with Crippen molar-refractivity contribution in [3.63, 3.8) is 0 Å². The van der Waals surface area contributed by atoms with Crippen LogP contribution < -0.4 is 10.5 Å². The minimum Gasteiger partial charge on any atom is -0.494 e. The molecular weight excluding hydrogens is 378 g/mol. The van der Waals surface area contributed by atoms with Crippen molar-refractivity contribution in [3.8, 4) is 5.75 Å². The summed E-state index contributed by atoms with van der Waals surface area (Å²) in [5.41, 5.74) is 6.68. The molecule has 1 unspecified atom stereocenters. The summed E-state index contributed by atoms with van der Waals surface area (Å²) < 4.78 is 11.4. The van der Waals surface area contributed by atoms with Crippen LogP contribution in [0.2, 0.25) is 0 Å². The third-order valence-corrected chi connectivity index (χ3v) is 5.42. The Labute approximate surface area is 182 Å². The Morgan fingerprint density at radius 1 is 1.10 bits per heavy atom. The minimum atomic E-state index is -0.439. The minimum absolute atomic E-state index is 0.207. The number of ether oxygens (including phenoxy) is 2. The summed E-state index contributed by atoms with van der Waals surface area (Å²) in [6, 6.07) is 8.52. The maximum absolute atomic E-state index is 12.1. The monoisotopic (exact) mass is 419 g/mol. The van der Waals surface area contributed by atoms with Crippen molar-refractivity contribution in [2.75, 3.05) is 45.9 Å². The zero-order valence-corrected chi connectivity index (χ0v) is 19.4. The van der Waals surface area contributed by atoms with E-state index in [-0.39, 0.29) is 6.09 Å². The molecular formula is C24H41N3O3. The van der Waals surface area contributed by atoms with Gasteiger partial charge in [0.25, 0.3) is 0 Å². The summed E-state index contributed by atoms with van der Waals surface area (Å²) in [4.78, 5) is 16.3. The van der Waals surface area contributed by atoms with Gasteiger partial charge in [0.05, 0.1) is 6.61 Å². The van der Waals surface area contributed by atoms with E-state index < -0.39 is 5.60 Å². The molecule has 6 heteroatoms. The molecule has 2 rings (SSSR count). The van der Waals surface area contributed by atoms with Crippen LogP contribution in [0, 0.1) is 0 Å². The Bertz CT molecular complexity index is 614. The molecule has 0 aromatic heterocycles. The molecule has 0 bridgehead atoms. The van der Waals surface area contributed by atoms with Crippen LogP contribution in [0.4, 0.5) is 4.79 Å². The largest absolute Gasteiger partial charge is 0.494 e. The van der Waals surface area contributed by atoms with Crippen LogP contribution in [0.15, 0.2) is 24.3 Å². The molecule has 2 N–H and O–H groups in total. The first-order chi connectivity index (χ1) is 14.3. The third kappa shape index (κ3) is 8.52. The fourth-order valence-corrected chi connectivity index (χ4v) is 3.82. The van der Waals surface area contributed by atoms with Gasteiger partial charge < -0.3 is 20.1 Å². The SMILES string of the molecule is CCCC(CCN)c1ccc(OCCCN2CCN(C(=O)OC(C)(C)C)CC2)cc1. The lowest BCUT2D eigenvalue weighted by molar-refractivity contribution is 0.0142. The highest BCUT2D eigenvalue weighted by molar-refractivity contribution is 5.68. The summed E-state index contributed by atoms with van der Waals surface area (Å²) in [7, 11) is 0. The summed E-state index contributed by atoms with van der Waals surface area (Å²) >= 11 is 0. The van der Waals surface area contributed by atoms with Crippen molar-refractivity contribution in [2.45, 2.75) is 64.9 Å². The Kier molecular flexibility index (Phi) is 9.92. The Morgan fingerprint density at radius 3 is 2.33 bits per heavy atom. The topological polar surface area (TPSA) is 68.0 Å². The van der Waals surface area contributed by atoms with E-state index in [1.54, 1.807) is 4.90 Å². The van der Waals surface area contributed by atoms with Gasteiger partial charge in [-0.05, 0) is 70.2 Å². The van der Waals surface area contributed by atoms with Gasteiger partial charge in [-0.3, -0.25) is 4.90 Å². The second kappa shape index (κ2) is 12.2. The van der Waals surface area contributed by atoms with Crippen LogP contribution in [-0.2, 0) is 4.74 Å². The van der Waals surface area contributed by atoms with E-state index in [2.05, 4.69) is 36.1 Å². The second-order valence-electron chi connectivity index (χ2n) is 9.14. The van der Waals surface area contributed by atoms with Crippen LogP contribution in [-0.4, -0.2) is 67.4 Å². The van der Waals surface area contributed by atoms with E-state index in [9.17, 15) is 4.79 Å². The van der Waals surface area contributed by atoms with Gasteiger partial charge in [-0.2, -0.15) is 0 Å². The first-order valence-corrected chi connectivity index (χ1v) is 11.5. The molecule has 1 atom stereocenters. The lowest BCUT2D eigenvalue weighted by atomic mass is 9.91. The van der Waals surface area contributed by atoms with Gasteiger partial charge in [-0.15, -0.1) is 0 Å². The molecule has 1 amide bonds. The highest BCUT2D eigenvalue weighted by Crippen LogP contribution is 2.26. The number of nitrogens with zero attached hydrogens (tertiary/aromatic N) is 2. The molecule has 0 aliphatic carbocycles. The first kappa shape index (κ1) is 24.5. The molecule has 170 valence electrons. The van der Waals surface area contributed by atoms with Gasteiger partial charge in [-0.1, -0.05) is 25.5 Å². The lowest BCUT2D eigenvalue weighted by Gasteiger charge is -2.35. The quantitative estimate of drug-likeness (QED) is 0.575. The van der Waals surface area contributed by atoms with Crippen molar-refractivity contribution in [2.24, 2.45) is 5.73 Å². The highest BCUT2D eigenvalue weighted by Gasteiger charge is 2.25. The average molecular weight is 420 g/mol. The van der Waals surface area contributed by atoms with E-state index in [1.165, 1.54) is 18.4 Å². The number of carbonyl (C=O) groups excluding carboxylic acids is 1. The van der Waals surface area contributed by atoms with Crippen molar-refractivity contribution in [1.29, 1.82) is 0 Å². The smallest absolute Gasteiger partial charge is 0.410 e. The van der Waals surface area contributed by atoms with Crippen molar-refractivity contribution in [3.05, 3.63) is 29.8 Å². The number of amides is 1. The van der Waals surface area contributed by atoms with Crippen LogP contribution in [0.25, 0.3) is 0 Å². The lowest BCUT2D eigenvalue weighted by Crippen LogP contribution is -2.50. The van der Waals surface area contributed by atoms with Crippen molar-refractivity contribution >= 4 is 6.09 Å². The van der Waals surface area contributed by atoms with E-state index in [4.69, 9.17) is 15.2 Å². The standard InChI is InChI=1S/C24H41N3O3/c1-5-7-20(12-13-25)21-8-10-22(11-9-21)29-19-6-14-26-15-17-27(18-16-26)23(28)30-24(2,3)4/h8-11,20H,5-7,12-19,25H2,1-4H3. The Hall–Kier alpha value is -1.79.